The van der Waals surface area contributed by atoms with Gasteiger partial charge in [-0.25, -0.2) is 9.97 Å². The minimum absolute atomic E-state index is 0.0946. The Kier molecular flexibility index (Phi) is 4.46. The van der Waals surface area contributed by atoms with Gasteiger partial charge in [0, 0.05) is 44.5 Å². The minimum Gasteiger partial charge on any atom is -0.455 e. The molecule has 3 aromatic rings. The second-order valence-corrected chi connectivity index (χ2v) is 6.16. The Morgan fingerprint density at radius 2 is 2.12 bits per heavy atom. The smallest absolute Gasteiger partial charge is 0.176 e. The minimum atomic E-state index is 0.0946. The van der Waals surface area contributed by atoms with Crippen molar-refractivity contribution in [1.29, 1.82) is 0 Å². The predicted octanol–water partition coefficient (Wildman–Crippen LogP) is 3.67. The monoisotopic (exact) mass is 326 g/mol. The van der Waals surface area contributed by atoms with Crippen LogP contribution in [0.3, 0.4) is 0 Å². The Bertz CT molecular complexity index is 754. The van der Waals surface area contributed by atoms with Gasteiger partial charge in [-0.1, -0.05) is 0 Å². The van der Waals surface area contributed by atoms with Gasteiger partial charge in [0.2, 0.25) is 0 Å². The number of hydrogen-bond acceptors (Lipinski definition) is 4. The summed E-state index contributed by atoms with van der Waals surface area (Å²) in [6.07, 6.45) is 13.9. The van der Waals surface area contributed by atoms with Gasteiger partial charge in [0.15, 0.2) is 11.6 Å². The summed E-state index contributed by atoms with van der Waals surface area (Å²) in [6.45, 7) is 2.66. The van der Waals surface area contributed by atoms with Crippen molar-refractivity contribution in [2.24, 2.45) is 0 Å². The quantitative estimate of drug-likeness (QED) is 0.693. The van der Waals surface area contributed by atoms with Gasteiger partial charge < -0.3 is 18.3 Å². The molecule has 0 amide bonds. The Hall–Kier alpha value is -2.34. The molecule has 126 valence electrons. The van der Waals surface area contributed by atoms with Gasteiger partial charge in [0.05, 0.1) is 6.33 Å². The van der Waals surface area contributed by atoms with Crippen LogP contribution < -0.4 is 0 Å². The molecular weight excluding hydrogens is 304 g/mol. The molecule has 6 nitrogen and oxygen atoms in total. The van der Waals surface area contributed by atoms with Crippen LogP contribution in [-0.4, -0.2) is 25.7 Å². The number of furan rings is 1. The summed E-state index contributed by atoms with van der Waals surface area (Å²) in [5.41, 5.74) is 0. The highest BCUT2D eigenvalue weighted by Crippen LogP contribution is 2.31. The fourth-order valence-corrected chi connectivity index (χ4v) is 3.17. The maximum atomic E-state index is 6.04. The van der Waals surface area contributed by atoms with Crippen molar-refractivity contribution in [1.82, 2.24) is 19.1 Å². The van der Waals surface area contributed by atoms with E-state index >= 15 is 0 Å². The molecule has 1 aliphatic heterocycles. The van der Waals surface area contributed by atoms with E-state index in [9.17, 15) is 0 Å². The third kappa shape index (κ3) is 3.28. The molecule has 0 bridgehead atoms. The van der Waals surface area contributed by atoms with E-state index in [1.807, 2.05) is 37.1 Å². The number of imidazole rings is 2. The molecule has 0 radical (unpaired) electrons. The highest BCUT2D eigenvalue weighted by atomic mass is 16.5. The summed E-state index contributed by atoms with van der Waals surface area (Å²) < 4.78 is 16.1. The fraction of sp³-hybridized carbons (Fsp3) is 0.444. The van der Waals surface area contributed by atoms with Gasteiger partial charge in [-0.2, -0.15) is 0 Å². The number of hydrogen-bond donors (Lipinski definition) is 0. The number of rotatable bonds is 6. The molecule has 0 saturated carbocycles. The van der Waals surface area contributed by atoms with Gasteiger partial charge >= 0.3 is 0 Å². The van der Waals surface area contributed by atoms with E-state index in [0.29, 0.717) is 0 Å². The molecule has 1 atom stereocenters. The number of ether oxygens (including phenoxy) is 1. The molecule has 1 unspecified atom stereocenters. The lowest BCUT2D eigenvalue weighted by Gasteiger charge is -2.20. The maximum Gasteiger partial charge on any atom is 0.176 e. The van der Waals surface area contributed by atoms with E-state index < -0.39 is 0 Å². The van der Waals surface area contributed by atoms with Crippen LogP contribution in [0.15, 0.2) is 47.7 Å². The van der Waals surface area contributed by atoms with Crippen molar-refractivity contribution in [3.05, 3.63) is 49.0 Å². The topological polar surface area (TPSA) is 58.0 Å². The zero-order chi connectivity index (χ0) is 16.2. The molecule has 4 heterocycles. The van der Waals surface area contributed by atoms with Gasteiger partial charge in [-0.05, 0) is 37.8 Å². The summed E-state index contributed by atoms with van der Waals surface area (Å²) in [5.74, 6) is 2.60. The van der Waals surface area contributed by atoms with Crippen LogP contribution in [0, 0.1) is 0 Å². The molecule has 1 aliphatic rings. The van der Waals surface area contributed by atoms with Gasteiger partial charge in [-0.15, -0.1) is 0 Å². The first-order valence-corrected chi connectivity index (χ1v) is 8.59. The molecule has 1 fully saturated rings. The van der Waals surface area contributed by atoms with E-state index in [2.05, 4.69) is 19.1 Å². The predicted molar refractivity (Wildman–Crippen MR) is 89.3 cm³/mol. The van der Waals surface area contributed by atoms with Crippen molar-refractivity contribution in [3.63, 3.8) is 0 Å². The summed E-state index contributed by atoms with van der Waals surface area (Å²) in [4.78, 5) is 8.54. The molecule has 3 aromatic heterocycles. The van der Waals surface area contributed by atoms with E-state index in [1.165, 1.54) is 6.42 Å². The molecule has 24 heavy (non-hydrogen) atoms. The Labute approximate surface area is 141 Å². The van der Waals surface area contributed by atoms with Crippen molar-refractivity contribution >= 4 is 0 Å². The van der Waals surface area contributed by atoms with Crippen LogP contribution in [-0.2, 0) is 17.8 Å². The van der Waals surface area contributed by atoms with E-state index in [4.69, 9.17) is 9.15 Å². The molecule has 0 spiro atoms. The third-order valence-corrected chi connectivity index (χ3v) is 4.43. The van der Waals surface area contributed by atoms with E-state index in [-0.39, 0.29) is 6.10 Å². The highest BCUT2D eigenvalue weighted by molar-refractivity contribution is 5.48. The molecule has 0 aliphatic carbocycles. The largest absolute Gasteiger partial charge is 0.455 e. The lowest BCUT2D eigenvalue weighted by molar-refractivity contribution is 0.00218. The van der Waals surface area contributed by atoms with Gasteiger partial charge in [-0.3, -0.25) is 0 Å². The average Bonchev–Trinajstić information content (AvgIpc) is 3.37. The summed E-state index contributed by atoms with van der Waals surface area (Å²) >= 11 is 0. The molecule has 0 N–H and O–H groups in total. The second kappa shape index (κ2) is 7.05. The summed E-state index contributed by atoms with van der Waals surface area (Å²) in [6, 6.07) is 4.03. The third-order valence-electron chi connectivity index (χ3n) is 4.43. The normalized spacial score (nSPS) is 18.1. The first-order valence-electron chi connectivity index (χ1n) is 8.59. The van der Waals surface area contributed by atoms with Crippen molar-refractivity contribution in [2.75, 3.05) is 6.61 Å². The summed E-state index contributed by atoms with van der Waals surface area (Å²) in [7, 11) is 0. The number of aromatic nitrogens is 4. The van der Waals surface area contributed by atoms with Crippen LogP contribution in [0.25, 0.3) is 11.6 Å². The Morgan fingerprint density at radius 1 is 1.12 bits per heavy atom. The second-order valence-electron chi connectivity index (χ2n) is 6.16. The highest BCUT2D eigenvalue weighted by Gasteiger charge is 2.20. The van der Waals surface area contributed by atoms with Crippen LogP contribution >= 0.6 is 0 Å². The summed E-state index contributed by atoms with van der Waals surface area (Å²) in [5, 5.41) is 0. The van der Waals surface area contributed by atoms with Gasteiger partial charge in [0.1, 0.15) is 11.9 Å². The van der Waals surface area contributed by atoms with Gasteiger partial charge in [0.25, 0.3) is 0 Å². The molecular formula is C18H22N4O2. The number of nitrogens with zero attached hydrogens (tertiary/aromatic N) is 4. The zero-order valence-electron chi connectivity index (χ0n) is 13.7. The zero-order valence-corrected chi connectivity index (χ0v) is 13.7. The van der Waals surface area contributed by atoms with Crippen molar-refractivity contribution in [2.45, 2.75) is 44.9 Å². The van der Waals surface area contributed by atoms with E-state index in [1.54, 1.807) is 6.20 Å². The fourth-order valence-electron chi connectivity index (χ4n) is 3.17. The Morgan fingerprint density at radius 3 is 2.96 bits per heavy atom. The first kappa shape index (κ1) is 15.2. The lowest BCUT2D eigenvalue weighted by Crippen LogP contribution is -2.10. The average molecular weight is 326 g/mol. The van der Waals surface area contributed by atoms with Crippen LogP contribution in [0.1, 0.15) is 37.5 Å². The maximum absolute atomic E-state index is 6.04. The van der Waals surface area contributed by atoms with Crippen LogP contribution in [0.4, 0.5) is 0 Å². The number of aryl methyl sites for hydroxylation is 2. The molecule has 4 rings (SSSR count). The standard InChI is InChI=1S/C18H22N4O2/c1-2-13-23-15(4-1)16-5-6-17(24-16)18-20-8-12-22(18)10-3-9-21-11-7-19-14-21/h5-8,11-12,14-15H,1-4,9-10,13H2. The lowest BCUT2D eigenvalue weighted by atomic mass is 10.1. The SMILES string of the molecule is c1cn(CCCn2ccnc2-c2ccc(C3CCCCO3)o2)cn1. The molecule has 1 saturated heterocycles. The van der Waals surface area contributed by atoms with Crippen molar-refractivity contribution in [3.8, 4) is 11.6 Å². The van der Waals surface area contributed by atoms with E-state index in [0.717, 1.165) is 56.3 Å². The molecule has 0 aromatic carbocycles. The Balaban J connectivity index is 1.43. The van der Waals surface area contributed by atoms with Crippen LogP contribution in [0.2, 0.25) is 0 Å². The first-order chi connectivity index (χ1) is 11.9. The van der Waals surface area contributed by atoms with Crippen LogP contribution in [0.5, 0.6) is 0 Å². The van der Waals surface area contributed by atoms with Crippen molar-refractivity contribution < 1.29 is 9.15 Å². The molecule has 6 heteroatoms.